The summed E-state index contributed by atoms with van der Waals surface area (Å²) >= 11 is 0. The lowest BCUT2D eigenvalue weighted by molar-refractivity contribution is 0.192. The molecule has 0 bridgehead atoms. The highest BCUT2D eigenvalue weighted by Gasteiger charge is 2.08. The molecule has 0 spiro atoms. The molecule has 2 N–H and O–H groups in total. The Morgan fingerprint density at radius 2 is 1.84 bits per heavy atom. The molecule has 3 heteroatoms. The third kappa shape index (κ3) is 5.60. The standard InChI is InChI=1S/C16H24N2O/c1-12(2)15(10-18-13(3)4)16(17)19-11-14-8-6-5-7-9-14/h5-10,12-13H,11,17H2,1-4H3. The van der Waals surface area contributed by atoms with E-state index in [1.165, 1.54) is 0 Å². The summed E-state index contributed by atoms with van der Waals surface area (Å²) in [6.07, 6.45) is 1.83. The molecular weight excluding hydrogens is 236 g/mol. The van der Waals surface area contributed by atoms with Gasteiger partial charge in [-0.2, -0.15) is 0 Å². The molecule has 0 radical (unpaired) electrons. The SMILES string of the molecule is CC(C)N=CC(=C(N)OCc1ccccc1)C(C)C. The minimum Gasteiger partial charge on any atom is -0.474 e. The molecule has 1 aromatic carbocycles. The van der Waals surface area contributed by atoms with Crippen molar-refractivity contribution < 1.29 is 4.74 Å². The Balaban J connectivity index is 2.74. The molecule has 0 aliphatic heterocycles. The van der Waals surface area contributed by atoms with E-state index in [0.717, 1.165) is 11.1 Å². The number of ether oxygens (including phenoxy) is 1. The molecular formula is C16H24N2O. The fourth-order valence-corrected chi connectivity index (χ4v) is 1.55. The second kappa shape index (κ2) is 7.62. The van der Waals surface area contributed by atoms with Gasteiger partial charge in [0.1, 0.15) is 6.61 Å². The molecule has 104 valence electrons. The zero-order valence-electron chi connectivity index (χ0n) is 12.3. The molecule has 0 amide bonds. The maximum Gasteiger partial charge on any atom is 0.189 e. The molecule has 1 rings (SSSR count). The number of rotatable bonds is 6. The third-order valence-electron chi connectivity index (χ3n) is 2.66. The second-order valence-electron chi connectivity index (χ2n) is 5.12. The number of hydrogen-bond acceptors (Lipinski definition) is 3. The van der Waals surface area contributed by atoms with Gasteiger partial charge in [-0.3, -0.25) is 4.99 Å². The van der Waals surface area contributed by atoms with Crippen molar-refractivity contribution in [2.45, 2.75) is 40.3 Å². The van der Waals surface area contributed by atoms with Crippen LogP contribution in [0.4, 0.5) is 0 Å². The molecule has 3 nitrogen and oxygen atoms in total. The van der Waals surface area contributed by atoms with Crippen LogP contribution in [0.3, 0.4) is 0 Å². The van der Waals surface area contributed by atoms with Crippen LogP contribution in [0.25, 0.3) is 0 Å². The summed E-state index contributed by atoms with van der Waals surface area (Å²) in [7, 11) is 0. The van der Waals surface area contributed by atoms with Crippen LogP contribution >= 0.6 is 0 Å². The van der Waals surface area contributed by atoms with Crippen molar-refractivity contribution in [2.75, 3.05) is 0 Å². The number of nitrogens with two attached hydrogens (primary N) is 1. The van der Waals surface area contributed by atoms with Crippen LogP contribution in [0, 0.1) is 5.92 Å². The highest BCUT2D eigenvalue weighted by atomic mass is 16.5. The molecule has 0 saturated heterocycles. The first-order chi connectivity index (χ1) is 9.00. The zero-order chi connectivity index (χ0) is 14.3. The molecule has 0 unspecified atom stereocenters. The van der Waals surface area contributed by atoms with Crippen molar-refractivity contribution >= 4 is 6.21 Å². The van der Waals surface area contributed by atoms with E-state index >= 15 is 0 Å². The quantitative estimate of drug-likeness (QED) is 0.628. The lowest BCUT2D eigenvalue weighted by Gasteiger charge is -2.13. The molecule has 0 aromatic heterocycles. The Hall–Kier alpha value is -1.77. The monoisotopic (exact) mass is 260 g/mol. The highest BCUT2D eigenvalue weighted by Crippen LogP contribution is 2.13. The van der Waals surface area contributed by atoms with Crippen LogP contribution in [0.1, 0.15) is 33.3 Å². The van der Waals surface area contributed by atoms with Gasteiger partial charge in [-0.15, -0.1) is 0 Å². The lowest BCUT2D eigenvalue weighted by atomic mass is 10.1. The maximum absolute atomic E-state index is 6.02. The van der Waals surface area contributed by atoms with Crippen molar-refractivity contribution in [3.8, 4) is 0 Å². The number of hydrogen-bond donors (Lipinski definition) is 1. The van der Waals surface area contributed by atoms with Gasteiger partial charge in [0.25, 0.3) is 0 Å². The van der Waals surface area contributed by atoms with Gasteiger partial charge in [0.05, 0.1) is 0 Å². The Bertz CT molecular complexity index is 433. The summed E-state index contributed by atoms with van der Waals surface area (Å²) in [5.41, 5.74) is 8.07. The van der Waals surface area contributed by atoms with E-state index in [9.17, 15) is 0 Å². The van der Waals surface area contributed by atoms with E-state index in [4.69, 9.17) is 10.5 Å². The molecule has 19 heavy (non-hydrogen) atoms. The van der Waals surface area contributed by atoms with Crippen LogP contribution in [0.5, 0.6) is 0 Å². The van der Waals surface area contributed by atoms with Crippen LogP contribution in [-0.2, 0) is 11.3 Å². The Morgan fingerprint density at radius 1 is 1.21 bits per heavy atom. The van der Waals surface area contributed by atoms with Gasteiger partial charge in [-0.25, -0.2) is 0 Å². The molecule has 0 saturated carbocycles. The summed E-state index contributed by atoms with van der Waals surface area (Å²) in [6, 6.07) is 10.3. The molecule has 0 aliphatic carbocycles. The van der Waals surface area contributed by atoms with Crippen molar-refractivity contribution in [2.24, 2.45) is 16.6 Å². The summed E-state index contributed by atoms with van der Waals surface area (Å²) < 4.78 is 5.65. The Morgan fingerprint density at radius 3 is 2.37 bits per heavy atom. The highest BCUT2D eigenvalue weighted by molar-refractivity contribution is 5.79. The van der Waals surface area contributed by atoms with Crippen LogP contribution in [-0.4, -0.2) is 12.3 Å². The first-order valence-corrected chi connectivity index (χ1v) is 6.70. The fourth-order valence-electron chi connectivity index (χ4n) is 1.55. The van der Waals surface area contributed by atoms with Crippen molar-refractivity contribution in [3.05, 3.63) is 47.4 Å². The number of benzene rings is 1. The van der Waals surface area contributed by atoms with E-state index in [1.807, 2.05) is 50.4 Å². The third-order valence-corrected chi connectivity index (χ3v) is 2.66. The van der Waals surface area contributed by atoms with Crippen LogP contribution < -0.4 is 5.73 Å². The summed E-state index contributed by atoms with van der Waals surface area (Å²) in [5.74, 6) is 0.751. The minimum absolute atomic E-state index is 0.260. The summed E-state index contributed by atoms with van der Waals surface area (Å²) in [6.45, 7) is 8.73. The average Bonchev–Trinajstić information content (AvgIpc) is 2.37. The Kier molecular flexibility index (Phi) is 6.13. The Labute approximate surface area is 116 Å². The average molecular weight is 260 g/mol. The van der Waals surface area contributed by atoms with Crippen LogP contribution in [0.2, 0.25) is 0 Å². The van der Waals surface area contributed by atoms with Gasteiger partial charge in [0, 0.05) is 17.8 Å². The van der Waals surface area contributed by atoms with Crippen molar-refractivity contribution in [1.29, 1.82) is 0 Å². The number of nitrogens with zero attached hydrogens (tertiary/aromatic N) is 1. The van der Waals surface area contributed by atoms with Crippen molar-refractivity contribution in [3.63, 3.8) is 0 Å². The van der Waals surface area contributed by atoms with E-state index in [0.29, 0.717) is 18.4 Å². The normalized spacial score (nSPS) is 13.2. The van der Waals surface area contributed by atoms with Gasteiger partial charge < -0.3 is 10.5 Å². The van der Waals surface area contributed by atoms with E-state index in [1.54, 1.807) is 0 Å². The zero-order valence-corrected chi connectivity index (χ0v) is 12.3. The topological polar surface area (TPSA) is 47.6 Å². The van der Waals surface area contributed by atoms with E-state index < -0.39 is 0 Å². The molecule has 0 heterocycles. The maximum atomic E-state index is 6.02. The minimum atomic E-state index is 0.260. The molecule has 0 aliphatic rings. The van der Waals surface area contributed by atoms with Gasteiger partial charge >= 0.3 is 0 Å². The van der Waals surface area contributed by atoms with Gasteiger partial charge in [-0.1, -0.05) is 44.2 Å². The van der Waals surface area contributed by atoms with Crippen molar-refractivity contribution in [1.82, 2.24) is 0 Å². The second-order valence-corrected chi connectivity index (χ2v) is 5.12. The number of aliphatic imine (C=N–C) groups is 1. The van der Waals surface area contributed by atoms with Crippen LogP contribution in [0.15, 0.2) is 46.8 Å². The molecule has 1 aromatic rings. The predicted molar refractivity (Wildman–Crippen MR) is 80.9 cm³/mol. The first kappa shape index (κ1) is 15.3. The van der Waals surface area contributed by atoms with E-state index in [2.05, 4.69) is 18.8 Å². The lowest BCUT2D eigenvalue weighted by Crippen LogP contribution is -2.12. The smallest absolute Gasteiger partial charge is 0.189 e. The van der Waals surface area contributed by atoms with Gasteiger partial charge in [0.2, 0.25) is 0 Å². The van der Waals surface area contributed by atoms with E-state index in [-0.39, 0.29) is 6.04 Å². The summed E-state index contributed by atoms with van der Waals surface area (Å²) in [4.78, 5) is 4.38. The number of allylic oxidation sites excluding steroid dienone is 1. The predicted octanol–water partition coefficient (Wildman–Crippen LogP) is 3.51. The fraction of sp³-hybridized carbons (Fsp3) is 0.438. The largest absolute Gasteiger partial charge is 0.474 e. The first-order valence-electron chi connectivity index (χ1n) is 6.70. The summed E-state index contributed by atoms with van der Waals surface area (Å²) in [5, 5.41) is 0. The van der Waals surface area contributed by atoms with Gasteiger partial charge in [-0.05, 0) is 25.3 Å². The molecule has 0 fully saturated rings. The molecule has 0 atom stereocenters. The van der Waals surface area contributed by atoms with Gasteiger partial charge in [0.15, 0.2) is 5.88 Å².